The Morgan fingerprint density at radius 2 is 1.70 bits per heavy atom. The Balaban J connectivity index is 1.61. The number of rotatable bonds is 5. The van der Waals surface area contributed by atoms with E-state index in [4.69, 9.17) is 0 Å². The van der Waals surface area contributed by atoms with Crippen molar-refractivity contribution in [3.63, 3.8) is 0 Å². The lowest BCUT2D eigenvalue weighted by Crippen LogP contribution is -2.62. The van der Waals surface area contributed by atoms with Gasteiger partial charge in [-0.15, -0.1) is 0 Å². The topological polar surface area (TPSA) is 80.6 Å². The van der Waals surface area contributed by atoms with Crippen molar-refractivity contribution in [2.45, 2.75) is 104 Å². The van der Waals surface area contributed by atoms with E-state index in [1.807, 2.05) is 0 Å². The standard InChI is InChI=1S/C26H44O4/c1-5-17-21-14-16(27)10-12-26(21,4)20-11-13-25(3)18(15(2)6-9-22(28)29)7-8-19(25)23(20)24(17)30/h15-21,23-24,27,30H,5-14H2,1-4H3,(H,28,29)/p-1/t15-,16-,17-,18?,19?,20?,21?,23?,24-,25-,26-/m1/s1. The molecule has 30 heavy (non-hydrogen) atoms. The average molecular weight is 420 g/mol. The van der Waals surface area contributed by atoms with Gasteiger partial charge < -0.3 is 20.1 Å². The molecule has 0 aromatic carbocycles. The summed E-state index contributed by atoms with van der Waals surface area (Å²) in [6.45, 7) is 9.39. The highest BCUT2D eigenvalue weighted by Gasteiger charge is 2.64. The minimum Gasteiger partial charge on any atom is -0.550 e. The molecule has 0 saturated heterocycles. The first-order valence-electron chi connectivity index (χ1n) is 12.7. The third-order valence-electron chi connectivity index (χ3n) is 11.0. The maximum absolute atomic E-state index is 11.7. The molecule has 0 heterocycles. The second-order valence-electron chi connectivity index (χ2n) is 12.0. The SMILES string of the molecule is CC[C@@H]1C2C[C@H](O)CC[C@]2(C)C2CC[C@@]3(C)C(CCC3[C@H](C)CCC(=O)[O-])C2[C@@H]1O. The summed E-state index contributed by atoms with van der Waals surface area (Å²) >= 11 is 0. The van der Waals surface area contributed by atoms with Gasteiger partial charge in [-0.1, -0.05) is 34.1 Å². The summed E-state index contributed by atoms with van der Waals surface area (Å²) < 4.78 is 0. The second kappa shape index (κ2) is 8.06. The molecule has 5 unspecified atom stereocenters. The van der Waals surface area contributed by atoms with Gasteiger partial charge in [-0.3, -0.25) is 0 Å². The number of fused-ring (bicyclic) bond motifs is 5. The lowest BCUT2D eigenvalue weighted by Gasteiger charge is -2.64. The normalized spacial score (nSPS) is 51.5. The van der Waals surface area contributed by atoms with Crippen molar-refractivity contribution in [2.75, 3.05) is 0 Å². The van der Waals surface area contributed by atoms with Crippen LogP contribution in [-0.4, -0.2) is 28.4 Å². The lowest BCUT2D eigenvalue weighted by molar-refractivity contribution is -0.306. The molecule has 0 aromatic rings. The Hall–Kier alpha value is -0.610. The number of carbonyl (C=O) groups excluding carboxylic acids is 1. The minimum absolute atomic E-state index is 0.160. The molecule has 11 atom stereocenters. The van der Waals surface area contributed by atoms with Crippen LogP contribution in [0.4, 0.5) is 0 Å². The van der Waals surface area contributed by atoms with Gasteiger partial charge in [0.2, 0.25) is 0 Å². The van der Waals surface area contributed by atoms with E-state index in [2.05, 4.69) is 27.7 Å². The van der Waals surface area contributed by atoms with Crippen LogP contribution < -0.4 is 5.11 Å². The molecule has 4 rings (SSSR count). The van der Waals surface area contributed by atoms with Crippen molar-refractivity contribution < 1.29 is 20.1 Å². The van der Waals surface area contributed by atoms with Crippen LogP contribution in [0.5, 0.6) is 0 Å². The molecule has 4 aliphatic carbocycles. The van der Waals surface area contributed by atoms with E-state index >= 15 is 0 Å². The Bertz CT molecular complexity index is 649. The van der Waals surface area contributed by atoms with E-state index in [0.717, 1.165) is 25.7 Å². The van der Waals surface area contributed by atoms with Crippen LogP contribution >= 0.6 is 0 Å². The zero-order valence-electron chi connectivity index (χ0n) is 19.5. The number of aliphatic hydroxyl groups is 2. The van der Waals surface area contributed by atoms with Gasteiger partial charge >= 0.3 is 0 Å². The van der Waals surface area contributed by atoms with Crippen LogP contribution in [0.2, 0.25) is 0 Å². The van der Waals surface area contributed by atoms with Gasteiger partial charge in [-0.25, -0.2) is 0 Å². The van der Waals surface area contributed by atoms with Gasteiger partial charge in [0.15, 0.2) is 0 Å². The van der Waals surface area contributed by atoms with Crippen LogP contribution in [0.1, 0.15) is 91.9 Å². The number of aliphatic hydroxyl groups excluding tert-OH is 2. The van der Waals surface area contributed by atoms with Gasteiger partial charge in [0, 0.05) is 5.97 Å². The maximum atomic E-state index is 11.7. The monoisotopic (exact) mass is 419 g/mol. The molecule has 172 valence electrons. The van der Waals surface area contributed by atoms with E-state index in [0.29, 0.717) is 47.8 Å². The number of hydrogen-bond acceptors (Lipinski definition) is 4. The van der Waals surface area contributed by atoms with Gasteiger partial charge in [-0.05, 0) is 110 Å². The smallest absolute Gasteiger partial charge is 0.0605 e. The number of carboxylic acid groups (broad SMARTS) is 1. The average Bonchev–Trinajstić information content (AvgIpc) is 3.05. The van der Waals surface area contributed by atoms with Crippen LogP contribution in [0, 0.1) is 52.3 Å². The molecule has 0 aliphatic heterocycles. The molecule has 4 saturated carbocycles. The van der Waals surface area contributed by atoms with Crippen molar-refractivity contribution >= 4 is 5.97 Å². The molecular formula is C26H43O4-. The summed E-state index contributed by atoms with van der Waals surface area (Å²) in [6.07, 6.45) is 8.99. The van der Waals surface area contributed by atoms with Gasteiger partial charge in [0.25, 0.3) is 0 Å². The molecular weight excluding hydrogens is 376 g/mol. The van der Waals surface area contributed by atoms with E-state index in [1.54, 1.807) is 0 Å². The van der Waals surface area contributed by atoms with E-state index in [9.17, 15) is 20.1 Å². The zero-order chi connectivity index (χ0) is 21.8. The number of carboxylic acids is 1. The molecule has 0 spiro atoms. The maximum Gasteiger partial charge on any atom is 0.0605 e. The van der Waals surface area contributed by atoms with Crippen molar-refractivity contribution in [1.29, 1.82) is 0 Å². The summed E-state index contributed by atoms with van der Waals surface area (Å²) in [7, 11) is 0. The largest absolute Gasteiger partial charge is 0.550 e. The first kappa shape index (κ1) is 22.6. The first-order valence-corrected chi connectivity index (χ1v) is 12.7. The minimum atomic E-state index is -0.933. The summed E-state index contributed by atoms with van der Waals surface area (Å²) in [4.78, 5) is 11.0. The summed E-state index contributed by atoms with van der Waals surface area (Å²) in [6, 6.07) is 0. The number of aliphatic carboxylic acids is 1. The van der Waals surface area contributed by atoms with Crippen molar-refractivity contribution in [2.24, 2.45) is 52.3 Å². The van der Waals surface area contributed by atoms with E-state index in [1.165, 1.54) is 25.7 Å². The number of carbonyl (C=O) groups is 1. The molecule has 2 N–H and O–H groups in total. The predicted molar refractivity (Wildman–Crippen MR) is 115 cm³/mol. The summed E-state index contributed by atoms with van der Waals surface area (Å²) in [5.74, 6) is 2.21. The molecule has 4 heteroatoms. The van der Waals surface area contributed by atoms with E-state index < -0.39 is 5.97 Å². The fourth-order valence-corrected chi connectivity index (χ4v) is 9.48. The van der Waals surface area contributed by atoms with Crippen LogP contribution in [0.15, 0.2) is 0 Å². The lowest BCUT2D eigenvalue weighted by atomic mass is 9.41. The van der Waals surface area contributed by atoms with Gasteiger partial charge in [-0.2, -0.15) is 0 Å². The molecule has 4 aliphatic rings. The second-order valence-corrected chi connectivity index (χ2v) is 12.0. The van der Waals surface area contributed by atoms with Crippen molar-refractivity contribution in [3.05, 3.63) is 0 Å². The highest BCUT2D eigenvalue weighted by atomic mass is 16.4. The molecule has 4 fully saturated rings. The Kier molecular flexibility index (Phi) is 6.07. The van der Waals surface area contributed by atoms with Crippen LogP contribution in [0.25, 0.3) is 0 Å². The van der Waals surface area contributed by atoms with Crippen molar-refractivity contribution in [3.8, 4) is 0 Å². The third-order valence-corrected chi connectivity index (χ3v) is 11.0. The Labute approximate surface area is 182 Å². The quantitative estimate of drug-likeness (QED) is 0.711. The fourth-order valence-electron chi connectivity index (χ4n) is 9.48. The van der Waals surface area contributed by atoms with Crippen LogP contribution in [0.3, 0.4) is 0 Å². The fraction of sp³-hybridized carbons (Fsp3) is 0.962. The Morgan fingerprint density at radius 3 is 2.37 bits per heavy atom. The summed E-state index contributed by atoms with van der Waals surface area (Å²) in [5.41, 5.74) is 0.451. The molecule has 0 radical (unpaired) electrons. The predicted octanol–water partition coefficient (Wildman–Crippen LogP) is 3.78. The third kappa shape index (κ3) is 3.36. The number of hydrogen-bond donors (Lipinski definition) is 2. The zero-order valence-corrected chi connectivity index (χ0v) is 19.5. The molecule has 4 nitrogen and oxygen atoms in total. The molecule has 0 aromatic heterocycles. The summed E-state index contributed by atoms with van der Waals surface area (Å²) in [5, 5.41) is 33.1. The van der Waals surface area contributed by atoms with Gasteiger partial charge in [0.05, 0.1) is 12.2 Å². The molecule has 0 bridgehead atoms. The van der Waals surface area contributed by atoms with Crippen LogP contribution in [-0.2, 0) is 4.79 Å². The van der Waals surface area contributed by atoms with Crippen molar-refractivity contribution in [1.82, 2.24) is 0 Å². The molecule has 0 amide bonds. The first-order chi connectivity index (χ1) is 14.1. The highest BCUT2D eigenvalue weighted by Crippen LogP contribution is 2.69. The van der Waals surface area contributed by atoms with E-state index in [-0.39, 0.29) is 29.5 Å². The van der Waals surface area contributed by atoms with Gasteiger partial charge in [0.1, 0.15) is 0 Å². The highest BCUT2D eigenvalue weighted by molar-refractivity contribution is 5.64. The Morgan fingerprint density at radius 1 is 1.03 bits per heavy atom.